The number of halogens is 1. The third-order valence-corrected chi connectivity index (χ3v) is 4.19. The van der Waals surface area contributed by atoms with Crippen molar-refractivity contribution >= 4 is 45.8 Å². The summed E-state index contributed by atoms with van der Waals surface area (Å²) in [7, 11) is 0. The highest BCUT2D eigenvalue weighted by atomic mass is 35.5. The second kappa shape index (κ2) is 9.19. The number of benzene rings is 2. The summed E-state index contributed by atoms with van der Waals surface area (Å²) < 4.78 is 10.2. The van der Waals surface area contributed by atoms with Crippen molar-refractivity contribution in [2.75, 3.05) is 18.5 Å². The van der Waals surface area contributed by atoms with Gasteiger partial charge >= 0.3 is 5.97 Å². The van der Waals surface area contributed by atoms with Crippen LogP contribution >= 0.6 is 11.6 Å². The number of amides is 1. The molecule has 0 aliphatic carbocycles. The van der Waals surface area contributed by atoms with Crippen LogP contribution in [0.3, 0.4) is 0 Å². The normalized spacial score (nSPS) is 10.5. The molecule has 3 rings (SSSR count). The van der Waals surface area contributed by atoms with E-state index in [9.17, 15) is 19.7 Å². The SMILES string of the molecule is CCOc1ccc(NC(=O)COC(=O)c2ccc3nc(Cl)ccc3c2)c([N+](=O)[O-])c1. The van der Waals surface area contributed by atoms with Crippen molar-refractivity contribution in [3.63, 3.8) is 0 Å². The molecule has 1 heterocycles. The minimum absolute atomic E-state index is 0.0295. The fraction of sp³-hybridized carbons (Fsp3) is 0.150. The first-order chi connectivity index (χ1) is 14.4. The third kappa shape index (κ3) is 5.00. The molecule has 1 aromatic heterocycles. The van der Waals surface area contributed by atoms with E-state index >= 15 is 0 Å². The monoisotopic (exact) mass is 429 g/mol. The van der Waals surface area contributed by atoms with Crippen LogP contribution in [0.15, 0.2) is 48.5 Å². The molecule has 1 N–H and O–H groups in total. The van der Waals surface area contributed by atoms with Gasteiger partial charge in [-0.15, -0.1) is 0 Å². The average Bonchev–Trinajstić information content (AvgIpc) is 2.72. The first-order valence-electron chi connectivity index (χ1n) is 8.82. The number of nitro groups is 1. The molecule has 0 bridgehead atoms. The maximum absolute atomic E-state index is 12.2. The van der Waals surface area contributed by atoms with Crippen LogP contribution in [0.2, 0.25) is 5.15 Å². The lowest BCUT2D eigenvalue weighted by molar-refractivity contribution is -0.384. The summed E-state index contributed by atoms with van der Waals surface area (Å²) in [5.41, 5.74) is 0.477. The molecule has 0 unspecified atom stereocenters. The van der Waals surface area contributed by atoms with E-state index in [-0.39, 0.29) is 16.9 Å². The van der Waals surface area contributed by atoms with Crippen molar-refractivity contribution in [2.45, 2.75) is 6.92 Å². The van der Waals surface area contributed by atoms with E-state index in [1.165, 1.54) is 24.3 Å². The van der Waals surface area contributed by atoms with Gasteiger partial charge in [0, 0.05) is 5.39 Å². The van der Waals surface area contributed by atoms with Gasteiger partial charge in [0.2, 0.25) is 0 Å². The van der Waals surface area contributed by atoms with Gasteiger partial charge in [0.05, 0.1) is 28.7 Å². The second-order valence-corrected chi connectivity index (χ2v) is 6.42. The van der Waals surface area contributed by atoms with E-state index in [1.807, 2.05) is 0 Å². The summed E-state index contributed by atoms with van der Waals surface area (Å²) >= 11 is 5.83. The van der Waals surface area contributed by atoms with E-state index in [4.69, 9.17) is 21.1 Å². The van der Waals surface area contributed by atoms with Gasteiger partial charge < -0.3 is 14.8 Å². The Labute approximate surface area is 175 Å². The van der Waals surface area contributed by atoms with Crippen molar-refractivity contribution in [3.8, 4) is 5.75 Å². The van der Waals surface area contributed by atoms with Gasteiger partial charge in [-0.25, -0.2) is 9.78 Å². The number of rotatable bonds is 7. The van der Waals surface area contributed by atoms with Crippen LogP contribution in [0.5, 0.6) is 5.75 Å². The third-order valence-electron chi connectivity index (χ3n) is 3.98. The molecule has 0 radical (unpaired) electrons. The van der Waals surface area contributed by atoms with Crippen molar-refractivity contribution in [1.29, 1.82) is 0 Å². The average molecular weight is 430 g/mol. The summed E-state index contributed by atoms with van der Waals surface area (Å²) in [6.07, 6.45) is 0. The molecule has 3 aromatic rings. The summed E-state index contributed by atoms with van der Waals surface area (Å²) in [5.74, 6) is -1.13. The van der Waals surface area contributed by atoms with Crippen LogP contribution in [0, 0.1) is 10.1 Å². The molecule has 0 aliphatic heterocycles. The predicted octanol–water partition coefficient (Wildman–Crippen LogP) is 3.99. The molecule has 0 saturated heterocycles. The molecule has 10 heteroatoms. The first kappa shape index (κ1) is 21.0. The van der Waals surface area contributed by atoms with Crippen LogP contribution in [0.4, 0.5) is 11.4 Å². The fourth-order valence-corrected chi connectivity index (χ4v) is 2.81. The molecule has 30 heavy (non-hydrogen) atoms. The standard InChI is InChI=1S/C20H16ClN3O6/c1-2-29-14-5-7-16(17(10-14)24(27)28)23-19(25)11-30-20(26)13-3-6-15-12(9-13)4-8-18(21)22-15/h3-10H,2,11H2,1H3,(H,23,25). The van der Waals surface area contributed by atoms with E-state index < -0.39 is 23.4 Å². The Hall–Kier alpha value is -3.72. The highest BCUT2D eigenvalue weighted by molar-refractivity contribution is 6.29. The van der Waals surface area contributed by atoms with E-state index in [1.54, 1.807) is 31.2 Å². The Morgan fingerprint density at radius 2 is 1.97 bits per heavy atom. The number of hydrogen-bond acceptors (Lipinski definition) is 7. The highest BCUT2D eigenvalue weighted by Gasteiger charge is 2.18. The van der Waals surface area contributed by atoms with Crippen molar-refractivity contribution in [1.82, 2.24) is 4.98 Å². The molecular formula is C20H16ClN3O6. The molecule has 154 valence electrons. The molecular weight excluding hydrogens is 414 g/mol. The van der Waals surface area contributed by atoms with E-state index in [0.717, 1.165) is 0 Å². The van der Waals surface area contributed by atoms with Gasteiger partial charge in [0.1, 0.15) is 16.6 Å². The van der Waals surface area contributed by atoms with Gasteiger partial charge in [0.25, 0.3) is 11.6 Å². The number of fused-ring (bicyclic) bond motifs is 1. The van der Waals surface area contributed by atoms with Crippen LogP contribution in [0.25, 0.3) is 10.9 Å². The summed E-state index contributed by atoms with van der Waals surface area (Å²) in [4.78, 5) is 39.1. The quantitative estimate of drug-likeness (QED) is 0.261. The molecule has 9 nitrogen and oxygen atoms in total. The number of ether oxygens (including phenoxy) is 2. The molecule has 0 aliphatic rings. The maximum atomic E-state index is 12.2. The minimum atomic E-state index is -0.719. The topological polar surface area (TPSA) is 121 Å². The number of esters is 1. The van der Waals surface area contributed by atoms with Crippen molar-refractivity contribution in [3.05, 3.63) is 69.4 Å². The van der Waals surface area contributed by atoms with Gasteiger partial charge in [-0.1, -0.05) is 11.6 Å². The molecule has 0 fully saturated rings. The zero-order chi connectivity index (χ0) is 21.7. The smallest absolute Gasteiger partial charge is 0.338 e. The minimum Gasteiger partial charge on any atom is -0.494 e. The lowest BCUT2D eigenvalue weighted by Gasteiger charge is -2.09. The highest BCUT2D eigenvalue weighted by Crippen LogP contribution is 2.29. The Kier molecular flexibility index (Phi) is 6.43. The molecule has 0 spiro atoms. The largest absolute Gasteiger partial charge is 0.494 e. The van der Waals surface area contributed by atoms with Crippen LogP contribution in [0.1, 0.15) is 17.3 Å². The number of nitro benzene ring substituents is 1. The maximum Gasteiger partial charge on any atom is 0.338 e. The number of nitrogens with zero attached hydrogens (tertiary/aromatic N) is 2. The lowest BCUT2D eigenvalue weighted by atomic mass is 10.1. The number of carbonyl (C=O) groups excluding carboxylic acids is 2. The summed E-state index contributed by atoms with van der Waals surface area (Å²) in [5, 5.41) is 14.6. The van der Waals surface area contributed by atoms with E-state index in [2.05, 4.69) is 10.3 Å². The molecule has 0 saturated carbocycles. The number of pyridine rings is 1. The Balaban J connectivity index is 1.65. The fourth-order valence-electron chi connectivity index (χ4n) is 2.65. The van der Waals surface area contributed by atoms with E-state index in [0.29, 0.717) is 28.4 Å². The molecule has 2 aromatic carbocycles. The molecule has 0 atom stereocenters. The van der Waals surface area contributed by atoms with Crippen LogP contribution in [-0.4, -0.2) is 35.0 Å². The number of hydrogen-bond donors (Lipinski definition) is 1. The Morgan fingerprint density at radius 1 is 1.17 bits per heavy atom. The van der Waals surface area contributed by atoms with Gasteiger partial charge in [-0.3, -0.25) is 14.9 Å². The van der Waals surface area contributed by atoms with Crippen LogP contribution in [-0.2, 0) is 9.53 Å². The van der Waals surface area contributed by atoms with Crippen molar-refractivity contribution < 1.29 is 24.0 Å². The number of carbonyl (C=O) groups is 2. The summed E-state index contributed by atoms with van der Waals surface area (Å²) in [6, 6.07) is 12.0. The predicted molar refractivity (Wildman–Crippen MR) is 110 cm³/mol. The van der Waals surface area contributed by atoms with Crippen LogP contribution < -0.4 is 10.1 Å². The zero-order valence-electron chi connectivity index (χ0n) is 15.8. The molecule has 1 amide bonds. The Morgan fingerprint density at radius 3 is 2.70 bits per heavy atom. The lowest BCUT2D eigenvalue weighted by Crippen LogP contribution is -2.21. The van der Waals surface area contributed by atoms with Crippen molar-refractivity contribution in [2.24, 2.45) is 0 Å². The van der Waals surface area contributed by atoms with Gasteiger partial charge in [-0.2, -0.15) is 0 Å². The number of anilines is 1. The second-order valence-electron chi connectivity index (χ2n) is 6.03. The number of nitrogens with one attached hydrogen (secondary N) is 1. The zero-order valence-corrected chi connectivity index (χ0v) is 16.5. The summed E-state index contributed by atoms with van der Waals surface area (Å²) in [6.45, 7) is 1.48. The van der Waals surface area contributed by atoms with Gasteiger partial charge in [-0.05, 0) is 49.4 Å². The number of aromatic nitrogens is 1. The first-order valence-corrected chi connectivity index (χ1v) is 9.19. The van der Waals surface area contributed by atoms with Gasteiger partial charge in [0.15, 0.2) is 6.61 Å². The Bertz CT molecular complexity index is 1130.